The topological polar surface area (TPSA) is 46.3 Å². The lowest BCUT2D eigenvalue weighted by atomic mass is 10.0. The van der Waals surface area contributed by atoms with E-state index in [-0.39, 0.29) is 5.92 Å². The molecule has 0 radical (unpaired) electrons. The number of rotatable bonds is 3. The molecule has 3 nitrogen and oxygen atoms in total. The van der Waals surface area contributed by atoms with E-state index in [1.165, 1.54) is 12.8 Å². The van der Waals surface area contributed by atoms with Crippen LogP contribution in [0.4, 0.5) is 0 Å². The Morgan fingerprint density at radius 1 is 1.44 bits per heavy atom. The van der Waals surface area contributed by atoms with Gasteiger partial charge in [0, 0.05) is 24.8 Å². The summed E-state index contributed by atoms with van der Waals surface area (Å²) in [6, 6.07) is 0.406. The van der Waals surface area contributed by atoms with Gasteiger partial charge in [-0.1, -0.05) is 6.42 Å². The van der Waals surface area contributed by atoms with E-state index in [0.29, 0.717) is 17.9 Å². The molecule has 1 amide bonds. The smallest absolute Gasteiger partial charge is 0.226 e. The van der Waals surface area contributed by atoms with E-state index in [1.807, 2.05) is 23.7 Å². The zero-order valence-corrected chi connectivity index (χ0v) is 10.8. The maximum absolute atomic E-state index is 12.3. The van der Waals surface area contributed by atoms with Crippen molar-refractivity contribution in [3.8, 4) is 0 Å². The number of nitrogens with two attached hydrogens (primary N) is 1. The molecule has 1 heterocycles. The van der Waals surface area contributed by atoms with Crippen LogP contribution in [0, 0.1) is 11.8 Å². The number of thioether (sulfide) groups is 1. The van der Waals surface area contributed by atoms with Crippen LogP contribution in [0.5, 0.6) is 0 Å². The number of carbonyl (C=O) groups excluding carboxylic acids is 1. The van der Waals surface area contributed by atoms with Gasteiger partial charge in [0.2, 0.25) is 5.91 Å². The molecule has 3 atom stereocenters. The molecular formula is C12H22N2OS. The van der Waals surface area contributed by atoms with Gasteiger partial charge in [0.25, 0.3) is 0 Å². The van der Waals surface area contributed by atoms with Crippen LogP contribution in [-0.2, 0) is 4.79 Å². The van der Waals surface area contributed by atoms with E-state index in [4.69, 9.17) is 5.73 Å². The van der Waals surface area contributed by atoms with Crippen molar-refractivity contribution in [2.75, 3.05) is 25.1 Å². The van der Waals surface area contributed by atoms with Crippen LogP contribution in [-0.4, -0.2) is 41.9 Å². The normalized spacial score (nSPS) is 34.2. The summed E-state index contributed by atoms with van der Waals surface area (Å²) in [7, 11) is 1.98. The lowest BCUT2D eigenvalue weighted by Crippen LogP contribution is -2.44. The molecule has 1 aliphatic heterocycles. The summed E-state index contributed by atoms with van der Waals surface area (Å²) in [6.45, 7) is 0.724. The van der Waals surface area contributed by atoms with Gasteiger partial charge in [0.15, 0.2) is 0 Å². The number of hydrogen-bond donors (Lipinski definition) is 1. The minimum atomic E-state index is 0.272. The Bertz CT molecular complexity index is 253. The molecule has 92 valence electrons. The first-order chi connectivity index (χ1) is 7.74. The Labute approximate surface area is 102 Å². The van der Waals surface area contributed by atoms with Crippen molar-refractivity contribution in [3.05, 3.63) is 0 Å². The average molecular weight is 242 g/mol. The van der Waals surface area contributed by atoms with Gasteiger partial charge in [-0.25, -0.2) is 0 Å². The van der Waals surface area contributed by atoms with Gasteiger partial charge in [0.05, 0.1) is 0 Å². The Hall–Kier alpha value is -0.220. The minimum Gasteiger partial charge on any atom is -0.342 e. The third kappa shape index (κ3) is 2.38. The fourth-order valence-corrected chi connectivity index (χ4v) is 4.19. The van der Waals surface area contributed by atoms with Gasteiger partial charge in [-0.15, -0.1) is 0 Å². The number of hydrogen-bond acceptors (Lipinski definition) is 3. The van der Waals surface area contributed by atoms with Crippen LogP contribution < -0.4 is 5.73 Å². The standard InChI is InChI=1S/C12H22N2OS/c1-14(11-4-2-3-9(11)7-13)12(15)10-5-6-16-8-10/h9-11H,2-8,13H2,1H3. The molecule has 2 aliphatic rings. The van der Waals surface area contributed by atoms with Crippen molar-refractivity contribution in [2.45, 2.75) is 31.7 Å². The van der Waals surface area contributed by atoms with Crippen LogP contribution in [0.25, 0.3) is 0 Å². The molecular weight excluding hydrogens is 220 g/mol. The zero-order chi connectivity index (χ0) is 11.5. The summed E-state index contributed by atoms with van der Waals surface area (Å²) in [5.41, 5.74) is 5.77. The largest absolute Gasteiger partial charge is 0.342 e. The lowest BCUT2D eigenvalue weighted by molar-refractivity contribution is -0.136. The van der Waals surface area contributed by atoms with Crippen molar-refractivity contribution >= 4 is 17.7 Å². The lowest BCUT2D eigenvalue weighted by Gasteiger charge is -2.31. The van der Waals surface area contributed by atoms with Crippen LogP contribution in [0.1, 0.15) is 25.7 Å². The minimum absolute atomic E-state index is 0.272. The molecule has 0 aromatic heterocycles. The molecule has 0 spiro atoms. The zero-order valence-electron chi connectivity index (χ0n) is 10.0. The predicted molar refractivity (Wildman–Crippen MR) is 68.4 cm³/mol. The van der Waals surface area contributed by atoms with Crippen LogP contribution in [0.3, 0.4) is 0 Å². The maximum atomic E-state index is 12.3. The van der Waals surface area contributed by atoms with Gasteiger partial charge >= 0.3 is 0 Å². The first-order valence-corrected chi connectivity index (χ1v) is 7.44. The molecule has 0 aromatic rings. The van der Waals surface area contributed by atoms with Gasteiger partial charge < -0.3 is 10.6 Å². The van der Waals surface area contributed by atoms with Crippen LogP contribution in [0.15, 0.2) is 0 Å². The van der Waals surface area contributed by atoms with E-state index in [1.54, 1.807) is 0 Å². The van der Waals surface area contributed by atoms with E-state index in [0.717, 1.165) is 30.9 Å². The summed E-state index contributed by atoms with van der Waals surface area (Å²) in [4.78, 5) is 14.3. The van der Waals surface area contributed by atoms with Gasteiger partial charge in [-0.05, 0) is 37.5 Å². The third-order valence-electron chi connectivity index (χ3n) is 4.05. The highest BCUT2D eigenvalue weighted by Crippen LogP contribution is 2.31. The molecule has 1 aliphatic carbocycles. The van der Waals surface area contributed by atoms with E-state index < -0.39 is 0 Å². The van der Waals surface area contributed by atoms with Crippen LogP contribution >= 0.6 is 11.8 Å². The van der Waals surface area contributed by atoms with Crippen molar-refractivity contribution in [1.82, 2.24) is 4.90 Å². The Morgan fingerprint density at radius 2 is 2.25 bits per heavy atom. The summed E-state index contributed by atoms with van der Waals surface area (Å²) < 4.78 is 0. The average Bonchev–Trinajstić information content (AvgIpc) is 2.97. The molecule has 0 aromatic carbocycles. The molecule has 1 saturated carbocycles. The highest BCUT2D eigenvalue weighted by atomic mass is 32.2. The van der Waals surface area contributed by atoms with E-state index in [9.17, 15) is 4.79 Å². The summed E-state index contributed by atoms with van der Waals surface area (Å²) in [5, 5.41) is 0. The second-order valence-corrected chi connectivity index (χ2v) is 6.15. The number of amides is 1. The Morgan fingerprint density at radius 3 is 2.88 bits per heavy atom. The van der Waals surface area contributed by atoms with Crippen molar-refractivity contribution in [2.24, 2.45) is 17.6 Å². The molecule has 2 N–H and O–H groups in total. The van der Waals surface area contributed by atoms with Gasteiger partial charge in [0.1, 0.15) is 0 Å². The highest BCUT2D eigenvalue weighted by Gasteiger charge is 2.35. The van der Waals surface area contributed by atoms with Crippen LogP contribution in [0.2, 0.25) is 0 Å². The summed E-state index contributed by atoms with van der Waals surface area (Å²) in [6.07, 6.45) is 4.62. The third-order valence-corrected chi connectivity index (χ3v) is 5.21. The SMILES string of the molecule is CN(C(=O)C1CCSC1)C1CCCC1CN. The molecule has 4 heteroatoms. The first-order valence-electron chi connectivity index (χ1n) is 6.28. The number of nitrogens with zero attached hydrogens (tertiary/aromatic N) is 1. The molecule has 2 rings (SSSR count). The van der Waals surface area contributed by atoms with Gasteiger partial charge in [-0.2, -0.15) is 11.8 Å². The maximum Gasteiger partial charge on any atom is 0.226 e. The van der Waals surface area contributed by atoms with Gasteiger partial charge in [-0.3, -0.25) is 4.79 Å². The second-order valence-electron chi connectivity index (χ2n) is 5.00. The van der Waals surface area contributed by atoms with Crippen molar-refractivity contribution < 1.29 is 4.79 Å². The Balaban J connectivity index is 1.94. The summed E-state index contributed by atoms with van der Waals surface area (Å²) in [5.74, 6) is 3.32. The molecule has 16 heavy (non-hydrogen) atoms. The molecule has 0 bridgehead atoms. The fourth-order valence-electron chi connectivity index (χ4n) is 2.98. The monoisotopic (exact) mass is 242 g/mol. The molecule has 1 saturated heterocycles. The summed E-state index contributed by atoms with van der Waals surface area (Å²) >= 11 is 1.90. The fraction of sp³-hybridized carbons (Fsp3) is 0.917. The highest BCUT2D eigenvalue weighted by molar-refractivity contribution is 7.99. The van der Waals surface area contributed by atoms with Crippen molar-refractivity contribution in [1.29, 1.82) is 0 Å². The van der Waals surface area contributed by atoms with Crippen molar-refractivity contribution in [3.63, 3.8) is 0 Å². The quantitative estimate of drug-likeness (QED) is 0.812. The second kappa shape index (κ2) is 5.41. The van der Waals surface area contributed by atoms with E-state index in [2.05, 4.69) is 0 Å². The Kier molecular flexibility index (Phi) is 4.14. The predicted octanol–water partition coefficient (Wildman–Crippen LogP) is 1.33. The first kappa shape index (κ1) is 12.2. The number of carbonyl (C=O) groups is 1. The molecule has 2 fully saturated rings. The van der Waals surface area contributed by atoms with E-state index >= 15 is 0 Å². The molecule has 3 unspecified atom stereocenters.